The molecule has 0 saturated carbocycles. The fourth-order valence-electron chi connectivity index (χ4n) is 3.92. The van der Waals surface area contributed by atoms with E-state index in [0.717, 1.165) is 27.7 Å². The number of carbonyl (C=O) groups excluding carboxylic acids is 2. The third-order valence-electron chi connectivity index (χ3n) is 5.64. The minimum absolute atomic E-state index is 0.0536. The molecule has 0 aliphatic carbocycles. The predicted molar refractivity (Wildman–Crippen MR) is 136 cm³/mol. The topological polar surface area (TPSA) is 63.1 Å². The van der Waals surface area contributed by atoms with Gasteiger partial charge in [-0.1, -0.05) is 6.07 Å². The second-order valence-electron chi connectivity index (χ2n) is 11.5. The Morgan fingerprint density at radius 3 is 1.97 bits per heavy atom. The summed E-state index contributed by atoms with van der Waals surface area (Å²) in [4.78, 5) is 25.8. The zero-order valence-corrected chi connectivity index (χ0v) is 21.5. The number of hydrogen-bond acceptors (Lipinski definition) is 2. The van der Waals surface area contributed by atoms with Crippen LogP contribution in [0, 0.1) is 5.82 Å². The van der Waals surface area contributed by atoms with Crippen LogP contribution >= 0.6 is 0 Å². The average Bonchev–Trinajstić information content (AvgIpc) is 3.03. The first-order chi connectivity index (χ1) is 15.6. The van der Waals surface area contributed by atoms with Gasteiger partial charge in [-0.2, -0.15) is 0 Å². The molecule has 0 bridgehead atoms. The van der Waals surface area contributed by atoms with Crippen molar-refractivity contribution in [2.45, 2.75) is 78.4 Å². The van der Waals surface area contributed by atoms with Crippen LogP contribution in [0.25, 0.3) is 22.2 Å². The van der Waals surface area contributed by atoms with Crippen LogP contribution in [0.1, 0.15) is 61.0 Å². The Labute approximate surface area is 201 Å². The lowest BCUT2D eigenvalue weighted by atomic mass is 9.82. The van der Waals surface area contributed by atoms with E-state index in [-0.39, 0.29) is 35.3 Å². The molecule has 0 saturated heterocycles. The van der Waals surface area contributed by atoms with Crippen LogP contribution < -0.4 is 10.6 Å². The lowest BCUT2D eigenvalue weighted by molar-refractivity contribution is -0.127. The highest BCUT2D eigenvalue weighted by molar-refractivity contribution is 5.93. The third kappa shape index (κ3) is 5.85. The van der Waals surface area contributed by atoms with Gasteiger partial charge in [-0.3, -0.25) is 9.59 Å². The van der Waals surface area contributed by atoms with Crippen molar-refractivity contribution >= 4 is 22.7 Å². The zero-order chi connectivity index (χ0) is 25.5. The molecule has 0 unspecified atom stereocenters. The molecule has 34 heavy (non-hydrogen) atoms. The number of amides is 2. The quantitative estimate of drug-likeness (QED) is 0.519. The van der Waals surface area contributed by atoms with Crippen molar-refractivity contribution in [2.24, 2.45) is 0 Å². The Balaban J connectivity index is 2.10. The standard InChI is InChI=1S/C28H36FN3O2/c1-26(2,3)30-24(33)17-32-22-14-11-20(28(7,8)25(34)31-27(4,5)6)15-19(22)16-23(32)18-9-12-21(29)13-10-18/h9-16H,17H2,1-8H3,(H,30,33)(H,31,34). The molecule has 6 heteroatoms. The molecule has 0 spiro atoms. The Morgan fingerprint density at radius 2 is 1.41 bits per heavy atom. The number of carbonyl (C=O) groups is 2. The van der Waals surface area contributed by atoms with E-state index < -0.39 is 5.41 Å². The molecular weight excluding hydrogens is 429 g/mol. The minimum Gasteiger partial charge on any atom is -0.351 e. The van der Waals surface area contributed by atoms with Gasteiger partial charge in [-0.05, 0) is 109 Å². The van der Waals surface area contributed by atoms with Gasteiger partial charge in [0.2, 0.25) is 11.8 Å². The molecule has 0 radical (unpaired) electrons. The maximum atomic E-state index is 13.6. The molecule has 0 aliphatic rings. The number of hydrogen-bond donors (Lipinski definition) is 2. The molecule has 2 N–H and O–H groups in total. The van der Waals surface area contributed by atoms with Crippen molar-refractivity contribution in [1.29, 1.82) is 0 Å². The second kappa shape index (κ2) is 8.90. The summed E-state index contributed by atoms with van der Waals surface area (Å²) in [6, 6.07) is 14.1. The summed E-state index contributed by atoms with van der Waals surface area (Å²) in [5, 5.41) is 6.99. The number of nitrogens with one attached hydrogen (secondary N) is 2. The first kappa shape index (κ1) is 25.5. The average molecular weight is 466 g/mol. The summed E-state index contributed by atoms with van der Waals surface area (Å²) in [5.74, 6) is -0.477. The van der Waals surface area contributed by atoms with Crippen molar-refractivity contribution in [1.82, 2.24) is 15.2 Å². The molecule has 2 amide bonds. The summed E-state index contributed by atoms with van der Waals surface area (Å²) >= 11 is 0. The van der Waals surface area contributed by atoms with Crippen molar-refractivity contribution in [3.63, 3.8) is 0 Å². The SMILES string of the molecule is CC(C)(C)NC(=O)Cn1c(-c2ccc(F)cc2)cc2cc(C(C)(C)C(=O)NC(C)(C)C)ccc21. The lowest BCUT2D eigenvalue weighted by Crippen LogP contribution is -2.48. The molecule has 1 heterocycles. The number of rotatable bonds is 5. The normalized spacial score (nSPS) is 12.6. The van der Waals surface area contributed by atoms with E-state index in [4.69, 9.17) is 0 Å². The lowest BCUT2D eigenvalue weighted by Gasteiger charge is -2.30. The van der Waals surface area contributed by atoms with E-state index in [2.05, 4.69) is 10.6 Å². The maximum absolute atomic E-state index is 13.6. The molecule has 182 valence electrons. The smallest absolute Gasteiger partial charge is 0.240 e. The van der Waals surface area contributed by atoms with Gasteiger partial charge in [0.1, 0.15) is 12.4 Å². The molecule has 3 rings (SSSR count). The van der Waals surface area contributed by atoms with Crippen LogP contribution in [0.4, 0.5) is 4.39 Å². The number of nitrogens with zero attached hydrogens (tertiary/aromatic N) is 1. The van der Waals surface area contributed by atoms with E-state index in [0.29, 0.717) is 0 Å². The number of aromatic nitrogens is 1. The fourth-order valence-corrected chi connectivity index (χ4v) is 3.92. The summed E-state index contributed by atoms with van der Waals surface area (Å²) in [6.07, 6.45) is 0. The first-order valence-corrected chi connectivity index (χ1v) is 11.6. The summed E-state index contributed by atoms with van der Waals surface area (Å²) < 4.78 is 15.5. The van der Waals surface area contributed by atoms with Crippen molar-refractivity contribution in [3.8, 4) is 11.3 Å². The van der Waals surface area contributed by atoms with E-state index in [1.807, 2.05) is 84.2 Å². The Kier molecular flexibility index (Phi) is 6.66. The van der Waals surface area contributed by atoms with Gasteiger partial charge in [0, 0.05) is 27.7 Å². The molecular formula is C28H36FN3O2. The number of fused-ring (bicyclic) bond motifs is 1. The molecule has 5 nitrogen and oxygen atoms in total. The van der Waals surface area contributed by atoms with E-state index in [1.54, 1.807) is 12.1 Å². The number of halogens is 1. The van der Waals surface area contributed by atoms with E-state index >= 15 is 0 Å². The van der Waals surface area contributed by atoms with Crippen LogP contribution in [0.5, 0.6) is 0 Å². The summed E-state index contributed by atoms with van der Waals surface area (Å²) in [6.45, 7) is 15.6. The molecule has 1 aromatic heterocycles. The highest BCUT2D eigenvalue weighted by atomic mass is 19.1. The monoisotopic (exact) mass is 465 g/mol. The molecule has 0 atom stereocenters. The van der Waals surface area contributed by atoms with Gasteiger partial charge in [0.25, 0.3) is 0 Å². The molecule has 2 aromatic carbocycles. The fraction of sp³-hybridized carbons (Fsp3) is 0.429. The summed E-state index contributed by atoms with van der Waals surface area (Å²) in [5.41, 5.74) is 1.94. The van der Waals surface area contributed by atoms with E-state index in [9.17, 15) is 14.0 Å². The van der Waals surface area contributed by atoms with Crippen LogP contribution in [0.3, 0.4) is 0 Å². The maximum Gasteiger partial charge on any atom is 0.240 e. The van der Waals surface area contributed by atoms with Crippen molar-refractivity contribution in [2.75, 3.05) is 0 Å². The van der Waals surface area contributed by atoms with Crippen molar-refractivity contribution < 1.29 is 14.0 Å². The minimum atomic E-state index is -0.747. The van der Waals surface area contributed by atoms with E-state index in [1.165, 1.54) is 12.1 Å². The highest BCUT2D eigenvalue weighted by Crippen LogP contribution is 2.33. The Bertz CT molecular complexity index is 1210. The van der Waals surface area contributed by atoms with Crippen molar-refractivity contribution in [3.05, 3.63) is 59.9 Å². The van der Waals surface area contributed by atoms with Gasteiger partial charge in [-0.15, -0.1) is 0 Å². The third-order valence-corrected chi connectivity index (χ3v) is 5.64. The molecule has 0 aliphatic heterocycles. The second-order valence-corrected chi connectivity index (χ2v) is 11.5. The molecule has 0 fully saturated rings. The summed E-state index contributed by atoms with van der Waals surface area (Å²) in [7, 11) is 0. The largest absolute Gasteiger partial charge is 0.351 e. The van der Waals surface area contributed by atoms with Gasteiger partial charge in [0.05, 0.1) is 5.41 Å². The molecule has 3 aromatic rings. The Morgan fingerprint density at radius 1 is 0.824 bits per heavy atom. The van der Waals surface area contributed by atoms with Gasteiger partial charge in [0.15, 0.2) is 0 Å². The van der Waals surface area contributed by atoms with Gasteiger partial charge >= 0.3 is 0 Å². The zero-order valence-electron chi connectivity index (χ0n) is 21.5. The number of benzene rings is 2. The van der Waals surface area contributed by atoms with Crippen LogP contribution in [0.15, 0.2) is 48.5 Å². The highest BCUT2D eigenvalue weighted by Gasteiger charge is 2.32. The first-order valence-electron chi connectivity index (χ1n) is 11.6. The Hall–Kier alpha value is -3.15. The van der Waals surface area contributed by atoms with Gasteiger partial charge < -0.3 is 15.2 Å². The predicted octanol–water partition coefficient (Wildman–Crippen LogP) is 5.55. The van der Waals surface area contributed by atoms with Crippen LogP contribution in [0.2, 0.25) is 0 Å². The van der Waals surface area contributed by atoms with Crippen LogP contribution in [-0.4, -0.2) is 27.5 Å². The van der Waals surface area contributed by atoms with Crippen LogP contribution in [-0.2, 0) is 21.5 Å². The van der Waals surface area contributed by atoms with Gasteiger partial charge in [-0.25, -0.2) is 4.39 Å².